The normalized spacial score (nSPS) is 32.9. The molecule has 22 heavy (non-hydrogen) atoms. The molecule has 2 unspecified atom stereocenters. The fraction of sp³-hybridized carbons (Fsp3) is 0.867. The molecule has 0 aromatic rings. The summed E-state index contributed by atoms with van der Waals surface area (Å²) in [4.78, 5) is 27.4. The summed E-state index contributed by atoms with van der Waals surface area (Å²) >= 11 is 0. The molecular weight excluding hydrogens is 294 g/mol. The summed E-state index contributed by atoms with van der Waals surface area (Å²) < 4.78 is 32.1. The molecule has 124 valence electrons. The largest absolute Gasteiger partial charge is 0.444 e. The van der Waals surface area contributed by atoms with Crippen molar-refractivity contribution >= 4 is 12.0 Å². The highest BCUT2D eigenvalue weighted by molar-refractivity contribution is 5.87. The minimum absolute atomic E-state index is 0.106. The molecule has 0 aromatic heterocycles. The van der Waals surface area contributed by atoms with Gasteiger partial charge in [0.15, 0.2) is 0 Å². The molecule has 0 N–H and O–H groups in total. The summed E-state index contributed by atoms with van der Waals surface area (Å²) in [5, 5.41) is 0. The number of nitrogens with zero attached hydrogens (tertiary/aromatic N) is 2. The number of ether oxygens (including phenoxy) is 1. The molecule has 1 saturated carbocycles. The van der Waals surface area contributed by atoms with Gasteiger partial charge in [-0.1, -0.05) is 0 Å². The number of fused-ring (bicyclic) bond motifs is 1. The molecule has 1 aliphatic carbocycles. The SMILES string of the molecule is CC(C)(C)OC(=O)N1CC[C@@H]1C(=O)N1CCC2C(C1)C2(F)F. The van der Waals surface area contributed by atoms with Gasteiger partial charge < -0.3 is 9.64 Å². The number of amides is 2. The van der Waals surface area contributed by atoms with E-state index >= 15 is 0 Å². The third-order valence-electron chi connectivity index (χ3n) is 4.74. The zero-order valence-electron chi connectivity index (χ0n) is 13.1. The van der Waals surface area contributed by atoms with Gasteiger partial charge in [0.05, 0.1) is 0 Å². The van der Waals surface area contributed by atoms with Crippen LogP contribution in [-0.4, -0.2) is 59.0 Å². The Labute approximate surface area is 128 Å². The molecule has 0 aromatic carbocycles. The summed E-state index contributed by atoms with van der Waals surface area (Å²) in [7, 11) is 0. The lowest BCUT2D eigenvalue weighted by atomic mass is 10.0. The molecule has 5 nitrogen and oxygen atoms in total. The maximum absolute atomic E-state index is 13.4. The zero-order valence-corrected chi connectivity index (χ0v) is 13.1. The van der Waals surface area contributed by atoms with E-state index in [2.05, 4.69) is 0 Å². The van der Waals surface area contributed by atoms with Crippen LogP contribution in [0.4, 0.5) is 13.6 Å². The Hall–Kier alpha value is -1.40. The van der Waals surface area contributed by atoms with Gasteiger partial charge in [0.1, 0.15) is 11.6 Å². The van der Waals surface area contributed by atoms with Gasteiger partial charge in [0.25, 0.3) is 5.92 Å². The average molecular weight is 316 g/mol. The molecule has 2 saturated heterocycles. The quantitative estimate of drug-likeness (QED) is 0.744. The lowest BCUT2D eigenvalue weighted by molar-refractivity contribution is -0.142. The molecule has 3 aliphatic rings. The van der Waals surface area contributed by atoms with Gasteiger partial charge in [-0.2, -0.15) is 0 Å². The van der Waals surface area contributed by atoms with E-state index in [1.807, 2.05) is 0 Å². The summed E-state index contributed by atoms with van der Waals surface area (Å²) in [6.07, 6.45) is 0.408. The van der Waals surface area contributed by atoms with Gasteiger partial charge >= 0.3 is 6.09 Å². The standard InChI is InChI=1S/C15H22F2N2O3/c1-14(2,3)22-13(21)19-7-5-11(19)12(20)18-6-4-9-10(8-18)15(9,16)17/h9-11H,4-8H2,1-3H3/t9?,10?,11-/m1/s1. The lowest BCUT2D eigenvalue weighted by Crippen LogP contribution is -2.60. The molecule has 2 heterocycles. The first-order valence-corrected chi connectivity index (χ1v) is 7.77. The molecule has 0 bridgehead atoms. The third-order valence-corrected chi connectivity index (χ3v) is 4.74. The summed E-state index contributed by atoms with van der Waals surface area (Å²) in [5.74, 6) is -4.09. The highest BCUT2D eigenvalue weighted by atomic mass is 19.3. The van der Waals surface area contributed by atoms with E-state index < -0.39 is 35.5 Å². The highest BCUT2D eigenvalue weighted by Gasteiger charge is 2.69. The average Bonchev–Trinajstić information content (AvgIpc) is 2.87. The van der Waals surface area contributed by atoms with E-state index in [0.717, 1.165) is 0 Å². The second-order valence-corrected chi connectivity index (χ2v) is 7.44. The zero-order chi connectivity index (χ0) is 16.3. The number of halogens is 2. The van der Waals surface area contributed by atoms with E-state index in [4.69, 9.17) is 4.74 Å². The molecule has 3 atom stereocenters. The van der Waals surface area contributed by atoms with Crippen molar-refractivity contribution in [2.45, 2.75) is 51.2 Å². The number of hydrogen-bond acceptors (Lipinski definition) is 3. The Morgan fingerprint density at radius 3 is 2.32 bits per heavy atom. The Morgan fingerprint density at radius 1 is 1.14 bits per heavy atom. The Bertz CT molecular complexity index is 504. The number of likely N-dealkylation sites (tertiary alicyclic amines) is 2. The van der Waals surface area contributed by atoms with Gasteiger partial charge in [0.2, 0.25) is 5.91 Å². The van der Waals surface area contributed by atoms with E-state index in [0.29, 0.717) is 25.9 Å². The molecule has 7 heteroatoms. The van der Waals surface area contributed by atoms with Crippen LogP contribution in [0.25, 0.3) is 0 Å². The van der Waals surface area contributed by atoms with Gasteiger partial charge in [0, 0.05) is 31.5 Å². The van der Waals surface area contributed by atoms with Crippen molar-refractivity contribution in [2.24, 2.45) is 11.8 Å². The predicted octanol–water partition coefficient (Wildman–Crippen LogP) is 2.11. The van der Waals surface area contributed by atoms with Crippen LogP contribution in [0, 0.1) is 11.8 Å². The molecule has 3 rings (SSSR count). The van der Waals surface area contributed by atoms with Crippen molar-refractivity contribution < 1.29 is 23.1 Å². The van der Waals surface area contributed by atoms with Crippen molar-refractivity contribution in [3.63, 3.8) is 0 Å². The van der Waals surface area contributed by atoms with Crippen molar-refractivity contribution in [2.75, 3.05) is 19.6 Å². The third kappa shape index (κ3) is 2.54. The Morgan fingerprint density at radius 2 is 1.82 bits per heavy atom. The molecule has 2 aliphatic heterocycles. The van der Waals surface area contributed by atoms with Crippen molar-refractivity contribution in [1.29, 1.82) is 0 Å². The van der Waals surface area contributed by atoms with E-state index in [1.165, 1.54) is 9.80 Å². The van der Waals surface area contributed by atoms with Crippen LogP contribution in [0.5, 0.6) is 0 Å². The van der Waals surface area contributed by atoms with Gasteiger partial charge in [-0.3, -0.25) is 9.69 Å². The number of carbonyl (C=O) groups excluding carboxylic acids is 2. The Balaban J connectivity index is 1.58. The number of alkyl halides is 2. The van der Waals surface area contributed by atoms with Crippen LogP contribution in [0.3, 0.4) is 0 Å². The summed E-state index contributed by atoms with van der Waals surface area (Å²) in [6.45, 7) is 6.23. The number of rotatable bonds is 1. The minimum atomic E-state index is -2.61. The lowest BCUT2D eigenvalue weighted by Gasteiger charge is -2.42. The predicted molar refractivity (Wildman–Crippen MR) is 74.5 cm³/mol. The van der Waals surface area contributed by atoms with Crippen LogP contribution in [-0.2, 0) is 9.53 Å². The minimum Gasteiger partial charge on any atom is -0.444 e. The van der Waals surface area contributed by atoms with Crippen LogP contribution in [0.1, 0.15) is 33.6 Å². The molecule has 3 fully saturated rings. The van der Waals surface area contributed by atoms with E-state index in [1.54, 1.807) is 20.8 Å². The molecular formula is C15H22F2N2O3. The molecule has 0 radical (unpaired) electrons. The number of carbonyl (C=O) groups is 2. The highest BCUT2D eigenvalue weighted by Crippen LogP contribution is 2.59. The van der Waals surface area contributed by atoms with Crippen LogP contribution >= 0.6 is 0 Å². The van der Waals surface area contributed by atoms with E-state index in [9.17, 15) is 18.4 Å². The number of hydrogen-bond donors (Lipinski definition) is 0. The monoisotopic (exact) mass is 316 g/mol. The van der Waals surface area contributed by atoms with Gasteiger partial charge in [-0.15, -0.1) is 0 Å². The van der Waals surface area contributed by atoms with Crippen LogP contribution < -0.4 is 0 Å². The summed E-state index contributed by atoms with van der Waals surface area (Å²) in [6, 6.07) is -0.557. The number of piperidine rings is 1. The van der Waals surface area contributed by atoms with E-state index in [-0.39, 0.29) is 12.5 Å². The first kappa shape index (κ1) is 15.5. The maximum Gasteiger partial charge on any atom is 0.410 e. The second-order valence-electron chi connectivity index (χ2n) is 7.44. The first-order chi connectivity index (χ1) is 10.1. The topological polar surface area (TPSA) is 49.9 Å². The van der Waals surface area contributed by atoms with Crippen molar-refractivity contribution in [1.82, 2.24) is 9.80 Å². The summed E-state index contributed by atoms with van der Waals surface area (Å²) in [5.41, 5.74) is -0.616. The van der Waals surface area contributed by atoms with Crippen molar-refractivity contribution in [3.8, 4) is 0 Å². The fourth-order valence-electron chi connectivity index (χ4n) is 3.32. The fourth-order valence-corrected chi connectivity index (χ4v) is 3.32. The van der Waals surface area contributed by atoms with Crippen molar-refractivity contribution in [3.05, 3.63) is 0 Å². The maximum atomic E-state index is 13.4. The Kier molecular flexibility index (Phi) is 3.38. The van der Waals surface area contributed by atoms with Gasteiger partial charge in [-0.25, -0.2) is 13.6 Å². The smallest absolute Gasteiger partial charge is 0.410 e. The first-order valence-electron chi connectivity index (χ1n) is 7.77. The second kappa shape index (κ2) is 4.80. The van der Waals surface area contributed by atoms with Gasteiger partial charge in [-0.05, 0) is 33.6 Å². The van der Waals surface area contributed by atoms with Crippen LogP contribution in [0.2, 0.25) is 0 Å². The molecule has 0 spiro atoms. The van der Waals surface area contributed by atoms with Crippen LogP contribution in [0.15, 0.2) is 0 Å². The molecule has 2 amide bonds.